The lowest BCUT2D eigenvalue weighted by molar-refractivity contribution is 0.178. The van der Waals surface area contributed by atoms with Crippen LogP contribution in [0, 0.1) is 0 Å². The van der Waals surface area contributed by atoms with Gasteiger partial charge in [-0.15, -0.1) is 0 Å². The first-order chi connectivity index (χ1) is 8.58. The summed E-state index contributed by atoms with van der Waals surface area (Å²) >= 11 is 17.7. The molecule has 0 amide bonds. The van der Waals surface area contributed by atoms with Crippen molar-refractivity contribution >= 4 is 34.8 Å². The monoisotopic (exact) mass is 301 g/mol. The molecule has 18 heavy (non-hydrogen) atoms. The maximum Gasteiger partial charge on any atom is 0.0831 e. The lowest BCUT2D eigenvalue weighted by Gasteiger charge is -2.12. The minimum Gasteiger partial charge on any atom is -0.388 e. The van der Waals surface area contributed by atoms with E-state index in [1.807, 2.05) is 0 Å². The molecule has 5 heteroatoms. The van der Waals surface area contributed by atoms with Crippen LogP contribution in [0.4, 0.5) is 0 Å². The minimum absolute atomic E-state index is 0.402. The highest BCUT2D eigenvalue weighted by atomic mass is 35.5. The molecule has 2 rings (SSSR count). The molecule has 0 saturated heterocycles. The van der Waals surface area contributed by atoms with E-state index >= 15 is 0 Å². The van der Waals surface area contributed by atoms with Gasteiger partial charge in [-0.3, -0.25) is 4.98 Å². The first-order valence-electron chi connectivity index (χ1n) is 5.29. The zero-order valence-electron chi connectivity index (χ0n) is 9.28. The van der Waals surface area contributed by atoms with Gasteiger partial charge < -0.3 is 5.11 Å². The van der Waals surface area contributed by atoms with Crippen LogP contribution in [-0.4, -0.2) is 10.1 Å². The third-order valence-electron chi connectivity index (χ3n) is 2.60. The van der Waals surface area contributed by atoms with Crippen LogP contribution < -0.4 is 0 Å². The smallest absolute Gasteiger partial charge is 0.0831 e. The highest BCUT2D eigenvalue weighted by Gasteiger charge is 2.12. The predicted octanol–water partition coefficient (Wildman–Crippen LogP) is 4.32. The summed E-state index contributed by atoms with van der Waals surface area (Å²) in [5, 5.41) is 11.6. The SMILES string of the molecule is OC(Cc1ccncc1Cl)c1ccc(Cl)c(Cl)c1. The third kappa shape index (κ3) is 3.15. The van der Waals surface area contributed by atoms with Gasteiger partial charge in [0.2, 0.25) is 0 Å². The first kappa shape index (κ1) is 13.6. The Bertz CT molecular complexity index is 560. The van der Waals surface area contributed by atoms with Crippen molar-refractivity contribution in [2.45, 2.75) is 12.5 Å². The van der Waals surface area contributed by atoms with Crippen molar-refractivity contribution in [2.24, 2.45) is 0 Å². The molecule has 0 aliphatic rings. The minimum atomic E-state index is -0.681. The van der Waals surface area contributed by atoms with Crippen LogP contribution in [0.25, 0.3) is 0 Å². The fourth-order valence-corrected chi connectivity index (χ4v) is 2.12. The highest BCUT2D eigenvalue weighted by molar-refractivity contribution is 6.42. The number of halogens is 3. The zero-order chi connectivity index (χ0) is 13.1. The Kier molecular flexibility index (Phi) is 4.46. The van der Waals surface area contributed by atoms with E-state index < -0.39 is 6.10 Å². The van der Waals surface area contributed by atoms with Gasteiger partial charge in [0.05, 0.1) is 21.2 Å². The summed E-state index contributed by atoms with van der Waals surface area (Å²) in [6.07, 6.45) is 2.92. The van der Waals surface area contributed by atoms with Crippen molar-refractivity contribution in [1.82, 2.24) is 4.98 Å². The fraction of sp³-hybridized carbons (Fsp3) is 0.154. The van der Waals surface area contributed by atoms with Crippen molar-refractivity contribution in [3.8, 4) is 0 Å². The number of pyridine rings is 1. The molecular formula is C13H10Cl3NO. The Morgan fingerprint density at radius 3 is 2.50 bits per heavy atom. The second-order valence-electron chi connectivity index (χ2n) is 3.86. The van der Waals surface area contributed by atoms with Gasteiger partial charge in [-0.1, -0.05) is 40.9 Å². The largest absolute Gasteiger partial charge is 0.388 e. The molecule has 0 saturated carbocycles. The van der Waals surface area contributed by atoms with Gasteiger partial charge in [-0.2, -0.15) is 0 Å². The number of rotatable bonds is 3. The number of nitrogens with zero attached hydrogens (tertiary/aromatic N) is 1. The van der Waals surface area contributed by atoms with Crippen LogP contribution in [-0.2, 0) is 6.42 Å². The van der Waals surface area contributed by atoms with Crippen molar-refractivity contribution in [3.63, 3.8) is 0 Å². The number of aliphatic hydroxyl groups excluding tert-OH is 1. The van der Waals surface area contributed by atoms with E-state index in [1.165, 1.54) is 0 Å². The van der Waals surface area contributed by atoms with Crippen LogP contribution in [0.1, 0.15) is 17.2 Å². The van der Waals surface area contributed by atoms with E-state index in [-0.39, 0.29) is 0 Å². The van der Waals surface area contributed by atoms with Crippen LogP contribution in [0.3, 0.4) is 0 Å². The normalized spacial score (nSPS) is 12.4. The lowest BCUT2D eigenvalue weighted by atomic mass is 10.0. The second-order valence-corrected chi connectivity index (χ2v) is 5.08. The van der Waals surface area contributed by atoms with Gasteiger partial charge >= 0.3 is 0 Å². The number of benzene rings is 1. The fourth-order valence-electron chi connectivity index (χ4n) is 1.62. The number of hydrogen-bond donors (Lipinski definition) is 1. The van der Waals surface area contributed by atoms with E-state index in [0.29, 0.717) is 27.1 Å². The number of hydrogen-bond acceptors (Lipinski definition) is 2. The Labute approximate surface area is 120 Å². The van der Waals surface area contributed by atoms with E-state index in [9.17, 15) is 5.11 Å². The van der Waals surface area contributed by atoms with E-state index in [4.69, 9.17) is 34.8 Å². The molecule has 94 valence electrons. The molecule has 0 spiro atoms. The molecule has 0 aliphatic carbocycles. The van der Waals surface area contributed by atoms with E-state index in [2.05, 4.69) is 4.98 Å². The summed E-state index contributed by atoms with van der Waals surface area (Å²) in [6.45, 7) is 0. The van der Waals surface area contributed by atoms with Gasteiger partial charge in [0, 0.05) is 18.8 Å². The molecule has 1 aromatic heterocycles. The van der Waals surface area contributed by atoms with Gasteiger partial charge in [-0.25, -0.2) is 0 Å². The van der Waals surface area contributed by atoms with Gasteiger partial charge in [0.1, 0.15) is 0 Å². The molecule has 1 N–H and O–H groups in total. The van der Waals surface area contributed by atoms with Crippen LogP contribution in [0.15, 0.2) is 36.7 Å². The van der Waals surface area contributed by atoms with Crippen molar-refractivity contribution in [2.75, 3.05) is 0 Å². The quantitative estimate of drug-likeness (QED) is 0.916. The van der Waals surface area contributed by atoms with E-state index in [0.717, 1.165) is 5.56 Å². The topological polar surface area (TPSA) is 33.1 Å². The molecule has 2 nitrogen and oxygen atoms in total. The summed E-state index contributed by atoms with van der Waals surface area (Å²) in [6, 6.07) is 6.84. The van der Waals surface area contributed by atoms with Gasteiger partial charge in [-0.05, 0) is 29.3 Å². The zero-order valence-corrected chi connectivity index (χ0v) is 11.5. The second kappa shape index (κ2) is 5.89. The average Bonchev–Trinajstić information content (AvgIpc) is 2.35. The van der Waals surface area contributed by atoms with Crippen LogP contribution in [0.5, 0.6) is 0 Å². The molecule has 0 aliphatic heterocycles. The first-order valence-corrected chi connectivity index (χ1v) is 6.42. The van der Waals surface area contributed by atoms with E-state index in [1.54, 1.807) is 36.7 Å². The Balaban J connectivity index is 2.19. The van der Waals surface area contributed by atoms with Crippen molar-refractivity contribution in [1.29, 1.82) is 0 Å². The summed E-state index contributed by atoms with van der Waals surface area (Å²) in [5.41, 5.74) is 1.54. The molecule has 2 aromatic rings. The number of aliphatic hydroxyl groups is 1. The molecule has 0 bridgehead atoms. The predicted molar refractivity (Wildman–Crippen MR) is 74.4 cm³/mol. The van der Waals surface area contributed by atoms with Crippen LogP contribution in [0.2, 0.25) is 15.1 Å². The Hall–Kier alpha value is -0.800. The lowest BCUT2D eigenvalue weighted by Crippen LogP contribution is -2.02. The molecule has 1 unspecified atom stereocenters. The van der Waals surface area contributed by atoms with Crippen LogP contribution >= 0.6 is 34.8 Å². The Morgan fingerprint density at radius 1 is 1.06 bits per heavy atom. The van der Waals surface area contributed by atoms with Gasteiger partial charge in [0.15, 0.2) is 0 Å². The molecule has 1 aromatic carbocycles. The van der Waals surface area contributed by atoms with Crippen molar-refractivity contribution in [3.05, 3.63) is 62.9 Å². The molecular weight excluding hydrogens is 293 g/mol. The standard InChI is InChI=1S/C13H10Cl3NO/c14-10-2-1-9(5-11(10)15)13(18)6-8-3-4-17-7-12(8)16/h1-5,7,13,18H,6H2. The van der Waals surface area contributed by atoms with Crippen molar-refractivity contribution < 1.29 is 5.11 Å². The average molecular weight is 303 g/mol. The maximum atomic E-state index is 10.1. The number of aromatic nitrogens is 1. The summed E-state index contributed by atoms with van der Waals surface area (Å²) in [5.74, 6) is 0. The van der Waals surface area contributed by atoms with Gasteiger partial charge in [0.25, 0.3) is 0 Å². The third-order valence-corrected chi connectivity index (χ3v) is 3.68. The maximum absolute atomic E-state index is 10.1. The molecule has 1 heterocycles. The molecule has 1 atom stereocenters. The summed E-state index contributed by atoms with van der Waals surface area (Å²) in [7, 11) is 0. The molecule has 0 fully saturated rings. The Morgan fingerprint density at radius 2 is 1.83 bits per heavy atom. The summed E-state index contributed by atoms with van der Waals surface area (Å²) < 4.78 is 0. The summed E-state index contributed by atoms with van der Waals surface area (Å²) in [4.78, 5) is 3.90. The highest BCUT2D eigenvalue weighted by Crippen LogP contribution is 2.28. The molecule has 0 radical (unpaired) electrons.